The lowest BCUT2D eigenvalue weighted by atomic mass is 9.84. The van der Waals surface area contributed by atoms with Crippen molar-refractivity contribution in [3.05, 3.63) is 29.0 Å². The first kappa shape index (κ1) is 18.0. The van der Waals surface area contributed by atoms with E-state index in [-0.39, 0.29) is 11.9 Å². The number of rotatable bonds is 5. The van der Waals surface area contributed by atoms with E-state index in [4.69, 9.17) is 22.1 Å². The lowest BCUT2D eigenvalue weighted by Crippen LogP contribution is -2.39. The van der Waals surface area contributed by atoms with Gasteiger partial charge in [0.15, 0.2) is 0 Å². The van der Waals surface area contributed by atoms with Gasteiger partial charge in [-0.15, -0.1) is 0 Å². The molecule has 0 unspecified atom stereocenters. The van der Waals surface area contributed by atoms with E-state index >= 15 is 0 Å². The maximum Gasteiger partial charge on any atom is 0.138 e. The van der Waals surface area contributed by atoms with Crippen LogP contribution in [0.4, 0.5) is 4.39 Å². The van der Waals surface area contributed by atoms with Gasteiger partial charge in [-0.25, -0.2) is 4.39 Å². The molecule has 1 aliphatic heterocycles. The Morgan fingerprint density at radius 3 is 2.50 bits per heavy atom. The second kappa shape index (κ2) is 8.50. The van der Waals surface area contributed by atoms with Crippen molar-refractivity contribution in [2.75, 3.05) is 19.6 Å². The van der Waals surface area contributed by atoms with Crippen molar-refractivity contribution < 1.29 is 9.13 Å². The third-order valence-corrected chi connectivity index (χ3v) is 5.76. The van der Waals surface area contributed by atoms with Crippen LogP contribution in [0.25, 0.3) is 0 Å². The van der Waals surface area contributed by atoms with Crippen molar-refractivity contribution >= 4 is 11.6 Å². The van der Waals surface area contributed by atoms with Gasteiger partial charge in [-0.05, 0) is 75.6 Å². The van der Waals surface area contributed by atoms with E-state index < -0.39 is 0 Å². The molecule has 1 saturated heterocycles. The average Bonchev–Trinajstić information content (AvgIpc) is 2.58. The zero-order valence-electron chi connectivity index (χ0n) is 14.2. The summed E-state index contributed by atoms with van der Waals surface area (Å²) < 4.78 is 19.0. The van der Waals surface area contributed by atoms with Crippen LogP contribution in [0.3, 0.4) is 0 Å². The van der Waals surface area contributed by atoms with Gasteiger partial charge in [0.1, 0.15) is 17.7 Å². The summed E-state index contributed by atoms with van der Waals surface area (Å²) in [5, 5.41) is 0.355. The van der Waals surface area contributed by atoms with Gasteiger partial charge in [0.05, 0.1) is 5.02 Å². The molecule has 1 aliphatic carbocycles. The molecule has 3 rings (SSSR count). The monoisotopic (exact) mass is 354 g/mol. The van der Waals surface area contributed by atoms with E-state index in [0.29, 0.717) is 16.8 Å². The van der Waals surface area contributed by atoms with Crippen LogP contribution in [0, 0.1) is 11.7 Å². The number of nitrogens with zero attached hydrogens (tertiary/aromatic N) is 1. The predicted octanol–water partition coefficient (Wildman–Crippen LogP) is 4.23. The molecular weight excluding hydrogens is 327 g/mol. The zero-order chi connectivity index (χ0) is 16.9. The normalized spacial score (nSPS) is 26.5. The number of nitrogens with two attached hydrogens (primary N) is 1. The van der Waals surface area contributed by atoms with Crippen LogP contribution in [0.2, 0.25) is 5.02 Å². The lowest BCUT2D eigenvalue weighted by Gasteiger charge is -2.34. The van der Waals surface area contributed by atoms with Gasteiger partial charge < -0.3 is 15.4 Å². The van der Waals surface area contributed by atoms with E-state index in [1.54, 1.807) is 6.07 Å². The summed E-state index contributed by atoms with van der Waals surface area (Å²) in [6, 6.07) is 4.76. The molecule has 1 heterocycles. The Kier molecular flexibility index (Phi) is 6.37. The van der Waals surface area contributed by atoms with E-state index in [0.717, 1.165) is 31.8 Å². The highest BCUT2D eigenvalue weighted by Crippen LogP contribution is 2.29. The van der Waals surface area contributed by atoms with Gasteiger partial charge in [0.2, 0.25) is 0 Å². The van der Waals surface area contributed by atoms with Gasteiger partial charge in [-0.2, -0.15) is 0 Å². The molecule has 0 atom stereocenters. The third-order valence-electron chi connectivity index (χ3n) is 5.47. The first-order chi connectivity index (χ1) is 11.6. The van der Waals surface area contributed by atoms with Gasteiger partial charge in [-0.1, -0.05) is 11.6 Å². The topological polar surface area (TPSA) is 38.5 Å². The second-order valence-electron chi connectivity index (χ2n) is 7.30. The molecule has 1 saturated carbocycles. The smallest absolute Gasteiger partial charge is 0.138 e. The fraction of sp³-hybridized carbons (Fsp3) is 0.684. The number of benzene rings is 1. The van der Waals surface area contributed by atoms with E-state index in [1.165, 1.54) is 50.8 Å². The molecule has 0 bridgehead atoms. The molecule has 2 fully saturated rings. The summed E-state index contributed by atoms with van der Waals surface area (Å²) in [4.78, 5) is 2.54. The van der Waals surface area contributed by atoms with Crippen LogP contribution in [-0.4, -0.2) is 36.7 Å². The highest BCUT2D eigenvalue weighted by molar-refractivity contribution is 6.32. The number of hydrogen-bond donors (Lipinski definition) is 1. The van der Waals surface area contributed by atoms with Crippen molar-refractivity contribution in [2.45, 2.75) is 57.1 Å². The summed E-state index contributed by atoms with van der Waals surface area (Å²) >= 11 is 6.04. The fourth-order valence-electron chi connectivity index (χ4n) is 3.84. The number of piperidine rings is 1. The summed E-state index contributed by atoms with van der Waals surface area (Å²) in [5.41, 5.74) is 5.98. The summed E-state index contributed by atoms with van der Waals surface area (Å²) in [7, 11) is 0. The van der Waals surface area contributed by atoms with Crippen molar-refractivity contribution in [1.29, 1.82) is 0 Å². The van der Waals surface area contributed by atoms with Gasteiger partial charge in [0.25, 0.3) is 0 Å². The molecule has 24 heavy (non-hydrogen) atoms. The molecular formula is C19H28ClFN2O. The first-order valence-electron chi connectivity index (χ1n) is 9.20. The maximum absolute atomic E-state index is 13.1. The van der Waals surface area contributed by atoms with Crippen molar-refractivity contribution in [3.8, 4) is 5.75 Å². The third kappa shape index (κ3) is 5.08. The standard InChI is InChI=1S/C19H28ClFN2O/c20-18-13-15(21)3-6-19(18)24-17-8-11-23(12-9-17)10-7-14-1-4-16(22)5-2-14/h3,6,13-14,16-17H,1-2,4-5,7-12,22H2. The van der Waals surface area contributed by atoms with Crippen LogP contribution in [0.15, 0.2) is 18.2 Å². The molecule has 5 heteroatoms. The molecule has 134 valence electrons. The Bertz CT molecular complexity index is 526. The molecule has 2 N–H and O–H groups in total. The zero-order valence-corrected chi connectivity index (χ0v) is 15.0. The summed E-state index contributed by atoms with van der Waals surface area (Å²) in [5.74, 6) is 1.12. The minimum atomic E-state index is -0.328. The number of likely N-dealkylation sites (tertiary alicyclic amines) is 1. The maximum atomic E-state index is 13.1. The molecule has 3 nitrogen and oxygen atoms in total. The Morgan fingerprint density at radius 2 is 1.83 bits per heavy atom. The Balaban J connectivity index is 1.38. The van der Waals surface area contributed by atoms with Gasteiger partial charge in [0, 0.05) is 19.1 Å². The average molecular weight is 355 g/mol. The first-order valence-corrected chi connectivity index (χ1v) is 9.57. The molecule has 1 aromatic carbocycles. The second-order valence-corrected chi connectivity index (χ2v) is 7.71. The molecule has 2 aliphatic rings. The minimum absolute atomic E-state index is 0.178. The van der Waals surface area contributed by atoms with Crippen LogP contribution in [0.5, 0.6) is 5.75 Å². The highest BCUT2D eigenvalue weighted by atomic mass is 35.5. The minimum Gasteiger partial charge on any atom is -0.489 e. The number of halogens is 2. The van der Waals surface area contributed by atoms with Crippen molar-refractivity contribution in [1.82, 2.24) is 4.90 Å². The molecule has 1 aromatic rings. The highest BCUT2D eigenvalue weighted by Gasteiger charge is 2.23. The molecule has 0 radical (unpaired) electrons. The van der Waals surface area contributed by atoms with E-state index in [2.05, 4.69) is 4.90 Å². The Labute approximate surface area is 149 Å². The van der Waals surface area contributed by atoms with Crippen LogP contribution in [-0.2, 0) is 0 Å². The van der Waals surface area contributed by atoms with Crippen molar-refractivity contribution in [2.24, 2.45) is 11.7 Å². The quantitative estimate of drug-likeness (QED) is 0.859. The summed E-state index contributed by atoms with van der Waals surface area (Å²) in [6.45, 7) is 3.31. The van der Waals surface area contributed by atoms with E-state index in [9.17, 15) is 4.39 Å². The summed E-state index contributed by atoms with van der Waals surface area (Å²) in [6.07, 6.45) is 8.46. The number of hydrogen-bond acceptors (Lipinski definition) is 3. The lowest BCUT2D eigenvalue weighted by molar-refractivity contribution is 0.0953. The van der Waals surface area contributed by atoms with Crippen LogP contribution < -0.4 is 10.5 Å². The van der Waals surface area contributed by atoms with E-state index in [1.807, 2.05) is 0 Å². The largest absolute Gasteiger partial charge is 0.489 e. The predicted molar refractivity (Wildman–Crippen MR) is 96.1 cm³/mol. The fourth-order valence-corrected chi connectivity index (χ4v) is 4.05. The van der Waals surface area contributed by atoms with Gasteiger partial charge >= 0.3 is 0 Å². The Hall–Kier alpha value is -0.840. The van der Waals surface area contributed by atoms with Crippen molar-refractivity contribution in [3.63, 3.8) is 0 Å². The number of ether oxygens (including phenoxy) is 1. The van der Waals surface area contributed by atoms with Crippen LogP contribution in [0.1, 0.15) is 44.9 Å². The van der Waals surface area contributed by atoms with Gasteiger partial charge in [-0.3, -0.25) is 0 Å². The molecule has 0 amide bonds. The Morgan fingerprint density at radius 1 is 1.12 bits per heavy atom. The SMILES string of the molecule is NC1CCC(CCN2CCC(Oc3ccc(F)cc3Cl)CC2)CC1. The molecule has 0 aromatic heterocycles. The van der Waals surface area contributed by atoms with Crippen LogP contribution >= 0.6 is 11.6 Å². The molecule has 0 spiro atoms.